The summed E-state index contributed by atoms with van der Waals surface area (Å²) in [6.07, 6.45) is 0. The Morgan fingerprint density at radius 3 is 2.27 bits per heavy atom. The highest BCUT2D eigenvalue weighted by Gasteiger charge is 2.34. The molecule has 0 saturated carbocycles. The minimum Gasteiger partial charge on any atom is -0.506 e. The zero-order chi connectivity index (χ0) is 14.9. The van der Waals surface area contributed by atoms with E-state index >= 15 is 0 Å². The third-order valence-electron chi connectivity index (χ3n) is 3.69. The summed E-state index contributed by atoms with van der Waals surface area (Å²) in [5, 5.41) is 14.2. The van der Waals surface area contributed by atoms with Crippen LogP contribution in [0.15, 0.2) is 16.6 Å². The van der Waals surface area contributed by atoms with E-state index in [2.05, 4.69) is 46.9 Å². The zero-order valence-corrected chi connectivity index (χ0v) is 17.0. The van der Waals surface area contributed by atoms with Crippen molar-refractivity contribution >= 4 is 52.3 Å². The number of piperazine rings is 1. The quantitative estimate of drug-likeness (QED) is 0.712. The monoisotopic (exact) mass is 432 g/mol. The lowest BCUT2D eigenvalue weighted by molar-refractivity contribution is 0.0842. The number of hydrogen-bond donors (Lipinski definition) is 2. The van der Waals surface area contributed by atoms with Gasteiger partial charge in [-0.05, 0) is 17.5 Å². The van der Waals surface area contributed by atoms with Gasteiger partial charge in [-0.25, -0.2) is 0 Å². The maximum atomic E-state index is 10.4. The summed E-state index contributed by atoms with van der Waals surface area (Å²) in [7, 11) is 0. The lowest BCUT2D eigenvalue weighted by Crippen LogP contribution is -2.48. The van der Waals surface area contributed by atoms with E-state index in [4.69, 9.17) is 11.6 Å². The van der Waals surface area contributed by atoms with Crippen LogP contribution in [0.25, 0.3) is 0 Å². The van der Waals surface area contributed by atoms with Gasteiger partial charge in [0.25, 0.3) is 0 Å². The molecule has 1 aromatic rings. The number of phenolic OH excluding ortho intramolecular Hbond substituents is 1. The average molecular weight is 435 g/mol. The van der Waals surface area contributed by atoms with Crippen LogP contribution in [0.1, 0.15) is 32.4 Å². The van der Waals surface area contributed by atoms with Crippen molar-refractivity contribution in [2.45, 2.75) is 26.8 Å². The molecular formula is C15H24BrCl3N2O. The fourth-order valence-electron chi connectivity index (χ4n) is 2.95. The van der Waals surface area contributed by atoms with E-state index in [-0.39, 0.29) is 42.0 Å². The molecule has 7 heteroatoms. The van der Waals surface area contributed by atoms with Crippen molar-refractivity contribution in [3.63, 3.8) is 0 Å². The van der Waals surface area contributed by atoms with E-state index in [1.807, 2.05) is 6.07 Å². The van der Waals surface area contributed by atoms with Gasteiger partial charge in [-0.3, -0.25) is 4.90 Å². The molecule has 1 fully saturated rings. The predicted molar refractivity (Wildman–Crippen MR) is 102 cm³/mol. The van der Waals surface area contributed by atoms with Gasteiger partial charge in [-0.15, -0.1) is 24.8 Å². The lowest BCUT2D eigenvalue weighted by atomic mass is 9.80. The molecule has 0 aliphatic carbocycles. The molecule has 2 rings (SSSR count). The summed E-state index contributed by atoms with van der Waals surface area (Å²) in [5.74, 6) is 0.202. The van der Waals surface area contributed by atoms with Crippen LogP contribution in [0.2, 0.25) is 5.02 Å². The second-order valence-corrected chi connectivity index (χ2v) is 7.70. The Bertz CT molecular complexity index is 488. The van der Waals surface area contributed by atoms with Crippen molar-refractivity contribution < 1.29 is 5.11 Å². The van der Waals surface area contributed by atoms with Crippen LogP contribution in [0, 0.1) is 5.41 Å². The molecule has 1 aliphatic rings. The van der Waals surface area contributed by atoms with Crippen molar-refractivity contribution in [2.75, 3.05) is 26.2 Å². The summed E-state index contributed by atoms with van der Waals surface area (Å²) in [6.45, 7) is 10.5. The maximum absolute atomic E-state index is 10.4. The molecule has 1 heterocycles. The zero-order valence-electron chi connectivity index (χ0n) is 13.0. The number of rotatable bonds is 2. The highest BCUT2D eigenvalue weighted by molar-refractivity contribution is 9.10. The second kappa shape index (κ2) is 8.95. The minimum atomic E-state index is 0. The number of halogens is 4. The van der Waals surface area contributed by atoms with E-state index < -0.39 is 0 Å². The summed E-state index contributed by atoms with van der Waals surface area (Å²) >= 11 is 9.62. The van der Waals surface area contributed by atoms with Crippen LogP contribution in [-0.2, 0) is 0 Å². The number of hydrogen-bond acceptors (Lipinski definition) is 3. The topological polar surface area (TPSA) is 35.5 Å². The molecule has 0 bridgehead atoms. The number of phenols is 1. The lowest BCUT2D eigenvalue weighted by Gasteiger charge is -2.43. The van der Waals surface area contributed by atoms with Gasteiger partial charge in [0.2, 0.25) is 0 Å². The molecule has 0 spiro atoms. The Hall–Kier alpha value is 0.290. The van der Waals surface area contributed by atoms with Crippen LogP contribution in [0.3, 0.4) is 0 Å². The molecule has 1 saturated heterocycles. The molecule has 0 amide bonds. The van der Waals surface area contributed by atoms with Crippen molar-refractivity contribution in [3.05, 3.63) is 27.2 Å². The van der Waals surface area contributed by atoms with E-state index in [1.165, 1.54) is 0 Å². The number of nitrogens with zero attached hydrogens (tertiary/aromatic N) is 1. The van der Waals surface area contributed by atoms with Gasteiger partial charge in [-0.2, -0.15) is 0 Å². The van der Waals surface area contributed by atoms with E-state index in [9.17, 15) is 5.11 Å². The molecule has 2 N–H and O–H groups in total. The molecule has 1 aromatic carbocycles. The fourth-order valence-corrected chi connectivity index (χ4v) is 3.78. The Morgan fingerprint density at radius 1 is 1.23 bits per heavy atom. The SMILES string of the molecule is CC(C)(C)[C@H](c1cc(Br)cc(Cl)c1O)N1CCNCC1.Cl.Cl. The third kappa shape index (κ3) is 5.15. The van der Waals surface area contributed by atoms with E-state index in [0.717, 1.165) is 36.2 Å². The molecule has 0 unspecified atom stereocenters. The fraction of sp³-hybridized carbons (Fsp3) is 0.600. The first-order valence-electron chi connectivity index (χ1n) is 6.93. The standard InChI is InChI=1S/C15H22BrClN2O.2ClH/c1-15(2,3)14(19-6-4-18-5-7-19)11-8-10(16)9-12(17)13(11)20;;/h8-9,14,18,20H,4-7H2,1-3H3;2*1H/t14-;;/m0../s1. The van der Waals surface area contributed by atoms with Crippen LogP contribution < -0.4 is 5.32 Å². The Balaban J connectivity index is 0.00000220. The minimum absolute atomic E-state index is 0. The number of aromatic hydroxyl groups is 1. The Morgan fingerprint density at radius 2 is 1.77 bits per heavy atom. The molecule has 0 radical (unpaired) electrons. The summed E-state index contributed by atoms with van der Waals surface area (Å²) < 4.78 is 0.902. The summed E-state index contributed by atoms with van der Waals surface area (Å²) in [6, 6.07) is 3.86. The molecule has 1 aliphatic heterocycles. The van der Waals surface area contributed by atoms with Crippen molar-refractivity contribution in [2.24, 2.45) is 5.41 Å². The van der Waals surface area contributed by atoms with Gasteiger partial charge < -0.3 is 10.4 Å². The van der Waals surface area contributed by atoms with Crippen LogP contribution in [0.5, 0.6) is 5.75 Å². The highest BCUT2D eigenvalue weighted by Crippen LogP contribution is 2.45. The average Bonchev–Trinajstić information content (AvgIpc) is 2.35. The first-order chi connectivity index (χ1) is 9.30. The predicted octanol–water partition coefficient (Wildman–Crippen LogP) is 4.64. The van der Waals surface area contributed by atoms with Crippen LogP contribution >= 0.6 is 52.3 Å². The number of nitrogens with one attached hydrogen (secondary N) is 1. The van der Waals surface area contributed by atoms with Gasteiger partial charge in [0.15, 0.2) is 0 Å². The van der Waals surface area contributed by atoms with Crippen LogP contribution in [-0.4, -0.2) is 36.2 Å². The molecule has 0 aromatic heterocycles. The Labute approximate surface area is 158 Å². The van der Waals surface area contributed by atoms with E-state index in [1.54, 1.807) is 6.07 Å². The molecular weight excluding hydrogens is 410 g/mol. The van der Waals surface area contributed by atoms with Gasteiger partial charge >= 0.3 is 0 Å². The van der Waals surface area contributed by atoms with Crippen LogP contribution in [0.4, 0.5) is 0 Å². The molecule has 128 valence electrons. The van der Waals surface area contributed by atoms with Gasteiger partial charge in [0.1, 0.15) is 5.75 Å². The normalized spacial score (nSPS) is 17.3. The highest BCUT2D eigenvalue weighted by atomic mass is 79.9. The van der Waals surface area contributed by atoms with E-state index in [0.29, 0.717) is 5.02 Å². The first-order valence-corrected chi connectivity index (χ1v) is 8.10. The van der Waals surface area contributed by atoms with Gasteiger partial charge in [-0.1, -0.05) is 48.3 Å². The molecule has 3 nitrogen and oxygen atoms in total. The molecule has 22 heavy (non-hydrogen) atoms. The van der Waals surface area contributed by atoms with Crippen molar-refractivity contribution in [1.82, 2.24) is 10.2 Å². The maximum Gasteiger partial charge on any atom is 0.139 e. The first kappa shape index (κ1) is 22.3. The summed E-state index contributed by atoms with van der Waals surface area (Å²) in [5.41, 5.74) is 0.914. The molecule has 1 atom stereocenters. The Kier molecular flexibility index (Phi) is 9.07. The largest absolute Gasteiger partial charge is 0.506 e. The number of benzene rings is 1. The van der Waals surface area contributed by atoms with Gasteiger partial charge in [0, 0.05) is 42.3 Å². The second-order valence-electron chi connectivity index (χ2n) is 6.38. The van der Waals surface area contributed by atoms with Crippen molar-refractivity contribution in [3.8, 4) is 5.75 Å². The summed E-state index contributed by atoms with van der Waals surface area (Å²) in [4.78, 5) is 2.42. The van der Waals surface area contributed by atoms with Gasteiger partial charge in [0.05, 0.1) is 5.02 Å². The van der Waals surface area contributed by atoms with Crippen molar-refractivity contribution in [1.29, 1.82) is 0 Å². The smallest absolute Gasteiger partial charge is 0.139 e. The third-order valence-corrected chi connectivity index (χ3v) is 4.44.